The number of rotatable bonds is 8. The van der Waals surface area contributed by atoms with Crippen LogP contribution in [0, 0.1) is 0 Å². The monoisotopic (exact) mass is 367 g/mol. The maximum Gasteiger partial charge on any atom is 0.225 e. The maximum absolute atomic E-state index is 9.06. The molecule has 0 fully saturated rings. The predicted molar refractivity (Wildman–Crippen MR) is 104 cm³/mol. The molecule has 0 spiro atoms. The summed E-state index contributed by atoms with van der Waals surface area (Å²) in [6, 6.07) is 11.1. The van der Waals surface area contributed by atoms with Gasteiger partial charge in [-0.15, -0.1) is 0 Å². The molecule has 0 aliphatic carbocycles. The van der Waals surface area contributed by atoms with Crippen LogP contribution >= 0.6 is 0 Å². The Labute approximate surface area is 157 Å². The van der Waals surface area contributed by atoms with Crippen LogP contribution in [0.5, 0.6) is 11.5 Å². The minimum Gasteiger partial charge on any atom is -0.497 e. The molecule has 8 nitrogen and oxygen atoms in total. The van der Waals surface area contributed by atoms with Gasteiger partial charge in [0.25, 0.3) is 0 Å². The summed E-state index contributed by atoms with van der Waals surface area (Å²) in [5.74, 6) is 2.33. The van der Waals surface area contributed by atoms with Crippen LogP contribution in [0.1, 0.15) is 0 Å². The third kappa shape index (κ3) is 4.83. The van der Waals surface area contributed by atoms with Crippen LogP contribution in [0.4, 0.5) is 17.5 Å². The lowest BCUT2D eigenvalue weighted by atomic mass is 10.2. The first-order valence-electron chi connectivity index (χ1n) is 8.36. The fourth-order valence-electron chi connectivity index (χ4n) is 2.46. The number of methoxy groups -OCH3 is 2. The minimum absolute atomic E-state index is 0.0152. The van der Waals surface area contributed by atoms with E-state index in [1.165, 1.54) is 0 Å². The summed E-state index contributed by atoms with van der Waals surface area (Å²) >= 11 is 0. The molecule has 3 N–H and O–H groups in total. The van der Waals surface area contributed by atoms with Gasteiger partial charge in [0.1, 0.15) is 17.3 Å². The SMILES string of the molecule is COc1cc(Nc2cc(-c3ccncc3)nc(NCCO)n2)cc(OC)c1. The van der Waals surface area contributed by atoms with Crippen LogP contribution in [0.3, 0.4) is 0 Å². The quantitative estimate of drug-likeness (QED) is 0.559. The molecule has 0 aliphatic heterocycles. The van der Waals surface area contributed by atoms with Gasteiger partial charge in [-0.3, -0.25) is 4.98 Å². The number of nitrogens with one attached hydrogen (secondary N) is 2. The molecule has 140 valence electrons. The highest BCUT2D eigenvalue weighted by molar-refractivity contribution is 5.68. The predicted octanol–water partition coefficient (Wildman–Crippen LogP) is 2.70. The minimum atomic E-state index is -0.0152. The van der Waals surface area contributed by atoms with Crippen molar-refractivity contribution < 1.29 is 14.6 Å². The maximum atomic E-state index is 9.06. The van der Waals surface area contributed by atoms with E-state index in [1.54, 1.807) is 32.7 Å². The number of hydrogen-bond donors (Lipinski definition) is 3. The molecule has 0 saturated carbocycles. The Kier molecular flexibility index (Phi) is 6.01. The van der Waals surface area contributed by atoms with Gasteiger partial charge >= 0.3 is 0 Å². The highest BCUT2D eigenvalue weighted by Gasteiger charge is 2.09. The van der Waals surface area contributed by atoms with Gasteiger partial charge in [-0.1, -0.05) is 0 Å². The summed E-state index contributed by atoms with van der Waals surface area (Å²) < 4.78 is 10.6. The number of aromatic nitrogens is 3. The Morgan fingerprint density at radius 1 is 0.963 bits per heavy atom. The number of hydrogen-bond acceptors (Lipinski definition) is 8. The smallest absolute Gasteiger partial charge is 0.225 e. The van der Waals surface area contributed by atoms with Gasteiger partial charge < -0.3 is 25.2 Å². The van der Waals surface area contributed by atoms with Crippen molar-refractivity contribution >= 4 is 17.5 Å². The lowest BCUT2D eigenvalue weighted by Crippen LogP contribution is -2.10. The van der Waals surface area contributed by atoms with E-state index in [-0.39, 0.29) is 6.61 Å². The van der Waals surface area contributed by atoms with Crippen molar-refractivity contribution in [1.29, 1.82) is 0 Å². The number of aliphatic hydroxyl groups excluding tert-OH is 1. The van der Waals surface area contributed by atoms with Crippen molar-refractivity contribution in [2.24, 2.45) is 0 Å². The normalized spacial score (nSPS) is 10.3. The fourth-order valence-corrected chi connectivity index (χ4v) is 2.46. The third-order valence-electron chi connectivity index (χ3n) is 3.72. The van der Waals surface area contributed by atoms with Crippen molar-refractivity contribution in [1.82, 2.24) is 15.0 Å². The van der Waals surface area contributed by atoms with Crippen LogP contribution in [0.25, 0.3) is 11.3 Å². The largest absolute Gasteiger partial charge is 0.497 e. The van der Waals surface area contributed by atoms with Crippen LogP contribution in [0.2, 0.25) is 0 Å². The van der Waals surface area contributed by atoms with E-state index in [4.69, 9.17) is 14.6 Å². The second kappa shape index (κ2) is 8.81. The zero-order valence-corrected chi connectivity index (χ0v) is 15.1. The number of anilines is 3. The fraction of sp³-hybridized carbons (Fsp3) is 0.211. The van der Waals surface area contributed by atoms with Crippen molar-refractivity contribution in [2.45, 2.75) is 0 Å². The molecule has 0 bridgehead atoms. The Balaban J connectivity index is 1.96. The molecule has 1 aromatic carbocycles. The zero-order valence-electron chi connectivity index (χ0n) is 15.1. The summed E-state index contributed by atoms with van der Waals surface area (Å²) in [4.78, 5) is 13.0. The molecule has 2 heterocycles. The van der Waals surface area contributed by atoms with Gasteiger partial charge in [-0.05, 0) is 12.1 Å². The van der Waals surface area contributed by atoms with E-state index in [0.29, 0.717) is 29.8 Å². The molecule has 3 rings (SSSR count). The molecule has 0 aliphatic rings. The summed E-state index contributed by atoms with van der Waals surface area (Å²) in [7, 11) is 3.20. The van der Waals surface area contributed by atoms with Crippen LogP contribution < -0.4 is 20.1 Å². The number of aliphatic hydroxyl groups is 1. The first-order valence-corrected chi connectivity index (χ1v) is 8.36. The van der Waals surface area contributed by atoms with Crippen LogP contribution in [-0.2, 0) is 0 Å². The van der Waals surface area contributed by atoms with E-state index in [0.717, 1.165) is 16.9 Å². The molecule has 0 saturated heterocycles. The Hall–Kier alpha value is -3.39. The molecule has 27 heavy (non-hydrogen) atoms. The number of pyridine rings is 1. The number of benzene rings is 1. The van der Waals surface area contributed by atoms with E-state index >= 15 is 0 Å². The lowest BCUT2D eigenvalue weighted by molar-refractivity contribution is 0.311. The third-order valence-corrected chi connectivity index (χ3v) is 3.72. The second-order valence-corrected chi connectivity index (χ2v) is 5.57. The lowest BCUT2D eigenvalue weighted by Gasteiger charge is -2.13. The Bertz CT molecular complexity index is 868. The van der Waals surface area contributed by atoms with E-state index in [1.807, 2.05) is 30.3 Å². The average molecular weight is 367 g/mol. The van der Waals surface area contributed by atoms with Gasteiger partial charge in [-0.25, -0.2) is 4.98 Å². The molecule has 0 atom stereocenters. The average Bonchev–Trinajstić information content (AvgIpc) is 2.72. The van der Waals surface area contributed by atoms with E-state index < -0.39 is 0 Å². The zero-order chi connectivity index (χ0) is 19.1. The molecule has 0 unspecified atom stereocenters. The first kappa shape index (κ1) is 18.4. The number of ether oxygens (including phenoxy) is 2. The van der Waals surface area contributed by atoms with Crippen molar-refractivity contribution in [3.8, 4) is 22.8 Å². The van der Waals surface area contributed by atoms with Crippen LogP contribution in [-0.4, -0.2) is 47.4 Å². The summed E-state index contributed by atoms with van der Waals surface area (Å²) in [5.41, 5.74) is 2.40. The Morgan fingerprint density at radius 2 is 1.67 bits per heavy atom. The van der Waals surface area contributed by atoms with E-state index in [9.17, 15) is 0 Å². The van der Waals surface area contributed by atoms with Crippen molar-refractivity contribution in [3.63, 3.8) is 0 Å². The Morgan fingerprint density at radius 3 is 2.30 bits per heavy atom. The second-order valence-electron chi connectivity index (χ2n) is 5.57. The number of nitrogens with zero attached hydrogens (tertiary/aromatic N) is 3. The molecule has 0 radical (unpaired) electrons. The highest BCUT2D eigenvalue weighted by Crippen LogP contribution is 2.29. The first-order chi connectivity index (χ1) is 13.2. The standard InChI is InChI=1S/C19H21N5O3/c1-26-15-9-14(10-16(11-15)27-2)22-18-12-17(13-3-5-20-6-4-13)23-19(24-18)21-7-8-25/h3-6,9-12,25H,7-8H2,1-2H3,(H2,21,22,23,24). The van der Waals surface area contributed by atoms with Crippen molar-refractivity contribution in [3.05, 3.63) is 48.8 Å². The van der Waals surface area contributed by atoms with Crippen molar-refractivity contribution in [2.75, 3.05) is 38.0 Å². The van der Waals surface area contributed by atoms with E-state index in [2.05, 4.69) is 25.6 Å². The highest BCUT2D eigenvalue weighted by atomic mass is 16.5. The molecular formula is C19H21N5O3. The summed E-state index contributed by atoms with van der Waals surface area (Å²) in [5, 5.41) is 15.3. The van der Waals surface area contributed by atoms with Crippen LogP contribution in [0.15, 0.2) is 48.8 Å². The van der Waals surface area contributed by atoms with Gasteiger partial charge in [-0.2, -0.15) is 4.98 Å². The van der Waals surface area contributed by atoms with Gasteiger partial charge in [0, 0.05) is 54.5 Å². The molecular weight excluding hydrogens is 346 g/mol. The molecule has 3 aromatic rings. The topological polar surface area (TPSA) is 101 Å². The molecule has 2 aromatic heterocycles. The van der Waals surface area contributed by atoms with Gasteiger partial charge in [0.05, 0.1) is 26.5 Å². The molecule has 0 amide bonds. The van der Waals surface area contributed by atoms with Gasteiger partial charge in [0.2, 0.25) is 5.95 Å². The summed E-state index contributed by atoms with van der Waals surface area (Å²) in [6.45, 7) is 0.338. The summed E-state index contributed by atoms with van der Waals surface area (Å²) in [6.07, 6.45) is 3.41. The molecule has 8 heteroatoms. The van der Waals surface area contributed by atoms with Gasteiger partial charge in [0.15, 0.2) is 0 Å².